The molecule has 1 amide bonds. The fourth-order valence-corrected chi connectivity index (χ4v) is 4.32. The van der Waals surface area contributed by atoms with Crippen molar-refractivity contribution in [2.75, 3.05) is 37.7 Å². The van der Waals surface area contributed by atoms with Crippen LogP contribution in [0.25, 0.3) is 0 Å². The van der Waals surface area contributed by atoms with Crippen molar-refractivity contribution in [1.82, 2.24) is 10.2 Å². The summed E-state index contributed by atoms with van der Waals surface area (Å²) >= 11 is 6.26. The van der Waals surface area contributed by atoms with Gasteiger partial charge in [0.25, 0.3) is 5.91 Å². The van der Waals surface area contributed by atoms with E-state index >= 15 is 0 Å². The Morgan fingerprint density at radius 3 is 2.79 bits per heavy atom. The smallest absolute Gasteiger partial charge is 0.262 e. The van der Waals surface area contributed by atoms with Crippen LogP contribution in [0.15, 0.2) is 52.0 Å². The minimum atomic E-state index is -0.226. The van der Waals surface area contributed by atoms with E-state index in [1.54, 1.807) is 11.0 Å². The van der Waals surface area contributed by atoms with Gasteiger partial charge in [0, 0.05) is 43.2 Å². The molecule has 1 fully saturated rings. The number of hydrogen-bond donors (Lipinski definition) is 1. The van der Waals surface area contributed by atoms with Gasteiger partial charge in [0.15, 0.2) is 0 Å². The third kappa shape index (κ3) is 3.97. The first-order valence-electron chi connectivity index (χ1n) is 10.2. The summed E-state index contributed by atoms with van der Waals surface area (Å²) in [7, 11) is 0. The molecule has 1 saturated heterocycles. The Morgan fingerprint density at radius 1 is 1.28 bits per heavy atom. The van der Waals surface area contributed by atoms with Gasteiger partial charge in [-0.05, 0) is 32.1 Å². The number of piperazine rings is 1. The second kappa shape index (κ2) is 8.69. The zero-order chi connectivity index (χ0) is 20.4. The summed E-state index contributed by atoms with van der Waals surface area (Å²) in [5.74, 6) is 1.40. The molecule has 0 aromatic heterocycles. The summed E-state index contributed by atoms with van der Waals surface area (Å²) < 4.78 is 5.84. The van der Waals surface area contributed by atoms with Crippen LogP contribution in [0.4, 0.5) is 5.69 Å². The molecule has 2 atom stereocenters. The molecule has 1 aliphatic carbocycles. The highest BCUT2D eigenvalue weighted by Crippen LogP contribution is 2.36. The lowest BCUT2D eigenvalue weighted by molar-refractivity contribution is -0.114. The molecule has 29 heavy (non-hydrogen) atoms. The molecule has 0 saturated carbocycles. The molecule has 2 aliphatic heterocycles. The van der Waals surface area contributed by atoms with Gasteiger partial charge in [0.1, 0.15) is 11.6 Å². The second-order valence-electron chi connectivity index (χ2n) is 7.45. The van der Waals surface area contributed by atoms with Crippen LogP contribution in [0.1, 0.15) is 20.3 Å². The summed E-state index contributed by atoms with van der Waals surface area (Å²) in [6.45, 7) is 8.31. The van der Waals surface area contributed by atoms with E-state index in [0.29, 0.717) is 24.4 Å². The molecule has 2 heterocycles. The lowest BCUT2D eigenvalue weighted by Gasteiger charge is -2.41. The molecule has 1 aromatic rings. The van der Waals surface area contributed by atoms with Crippen LogP contribution < -0.4 is 15.0 Å². The number of halogens is 1. The van der Waals surface area contributed by atoms with Crippen molar-refractivity contribution in [3.63, 3.8) is 0 Å². The van der Waals surface area contributed by atoms with Crippen molar-refractivity contribution in [3.05, 3.63) is 47.0 Å². The van der Waals surface area contributed by atoms with Crippen LogP contribution in [0.5, 0.6) is 5.75 Å². The molecule has 154 valence electrons. The van der Waals surface area contributed by atoms with E-state index in [9.17, 15) is 4.79 Å². The fourth-order valence-electron chi connectivity index (χ4n) is 4.11. The lowest BCUT2D eigenvalue weighted by atomic mass is 9.94. The van der Waals surface area contributed by atoms with Gasteiger partial charge >= 0.3 is 0 Å². The van der Waals surface area contributed by atoms with Crippen molar-refractivity contribution in [2.45, 2.75) is 32.4 Å². The van der Waals surface area contributed by atoms with Crippen LogP contribution in [-0.2, 0) is 4.79 Å². The number of aliphatic imine (C=N–C) groups is 1. The summed E-state index contributed by atoms with van der Waals surface area (Å²) in [6, 6.07) is 7.45. The number of nitrogens with zero attached hydrogens (tertiary/aromatic N) is 3. The number of rotatable bonds is 5. The van der Waals surface area contributed by atoms with Crippen LogP contribution in [-0.4, -0.2) is 61.5 Å². The topological polar surface area (TPSA) is 57.2 Å². The summed E-state index contributed by atoms with van der Waals surface area (Å²) in [6.07, 6.45) is 4.18. The Labute approximate surface area is 176 Å². The molecule has 0 bridgehead atoms. The normalized spacial score (nSPS) is 23.7. The molecule has 6 nitrogen and oxygen atoms in total. The van der Waals surface area contributed by atoms with E-state index in [2.05, 4.69) is 17.1 Å². The molecular weight excluding hydrogens is 388 g/mol. The third-order valence-electron chi connectivity index (χ3n) is 5.64. The number of ether oxygens (including phenoxy) is 1. The number of benzene rings is 1. The van der Waals surface area contributed by atoms with E-state index in [0.717, 1.165) is 42.7 Å². The minimum absolute atomic E-state index is 0.00182. The monoisotopic (exact) mass is 414 g/mol. The van der Waals surface area contributed by atoms with Gasteiger partial charge in [-0.1, -0.05) is 29.8 Å². The zero-order valence-electron chi connectivity index (χ0n) is 16.9. The van der Waals surface area contributed by atoms with Crippen LogP contribution in [0.3, 0.4) is 0 Å². The molecule has 7 heteroatoms. The molecule has 4 rings (SSSR count). The first-order chi connectivity index (χ1) is 14.1. The Hall–Kier alpha value is -2.15. The number of carbonyl (C=O) groups is 1. The number of amidine groups is 1. The third-order valence-corrected chi connectivity index (χ3v) is 5.92. The first-order valence-corrected chi connectivity index (χ1v) is 10.6. The number of para-hydroxylation sites is 2. The lowest BCUT2D eigenvalue weighted by Crippen LogP contribution is -2.57. The zero-order valence-corrected chi connectivity index (χ0v) is 17.7. The van der Waals surface area contributed by atoms with Gasteiger partial charge in [0.2, 0.25) is 0 Å². The molecular formula is C22H27ClN4O2. The van der Waals surface area contributed by atoms with E-state index in [1.165, 1.54) is 0 Å². The van der Waals surface area contributed by atoms with Gasteiger partial charge in [-0.3, -0.25) is 19.6 Å². The molecule has 3 aliphatic rings. The molecule has 0 spiro atoms. The Bertz CT molecular complexity index is 873. The highest BCUT2D eigenvalue weighted by molar-refractivity contribution is 6.31. The number of fused-ring (bicyclic) bond motifs is 1. The summed E-state index contributed by atoms with van der Waals surface area (Å²) in [5.41, 5.74) is 1.41. The molecule has 1 aromatic carbocycles. The van der Waals surface area contributed by atoms with Gasteiger partial charge in [-0.25, -0.2) is 0 Å². The highest BCUT2D eigenvalue weighted by Gasteiger charge is 2.40. The van der Waals surface area contributed by atoms with Gasteiger partial charge in [0.05, 0.1) is 24.4 Å². The maximum atomic E-state index is 13.6. The van der Waals surface area contributed by atoms with Crippen LogP contribution in [0.2, 0.25) is 0 Å². The summed E-state index contributed by atoms with van der Waals surface area (Å²) in [4.78, 5) is 22.8. The van der Waals surface area contributed by atoms with E-state index in [1.807, 2.05) is 37.3 Å². The van der Waals surface area contributed by atoms with Crippen LogP contribution >= 0.6 is 11.6 Å². The highest BCUT2D eigenvalue weighted by atomic mass is 35.5. The minimum Gasteiger partial charge on any atom is -0.492 e. The van der Waals surface area contributed by atoms with E-state index in [-0.39, 0.29) is 18.0 Å². The number of allylic oxidation sites excluding steroid dienone is 2. The average Bonchev–Trinajstić information content (AvgIpc) is 2.74. The van der Waals surface area contributed by atoms with Gasteiger partial charge in [-0.2, -0.15) is 0 Å². The SMILES string of the molecule is CCOc1ccccc1N1C(=O)C2=CC=C(Cl)C[C@@H]2N=C1[C@@H](C)N1CCNCC1. The molecule has 1 N–H and O–H groups in total. The number of carbonyl (C=O) groups excluding carboxylic acids is 1. The Morgan fingerprint density at radius 2 is 2.03 bits per heavy atom. The fraction of sp³-hybridized carbons (Fsp3) is 0.455. The predicted octanol–water partition coefficient (Wildman–Crippen LogP) is 2.95. The van der Waals surface area contributed by atoms with Crippen molar-refractivity contribution in [3.8, 4) is 5.75 Å². The number of hydrogen-bond acceptors (Lipinski definition) is 5. The van der Waals surface area contributed by atoms with Crippen LogP contribution in [0, 0.1) is 0 Å². The quantitative estimate of drug-likeness (QED) is 0.804. The van der Waals surface area contributed by atoms with Crippen molar-refractivity contribution >= 4 is 29.0 Å². The van der Waals surface area contributed by atoms with Crippen molar-refractivity contribution < 1.29 is 9.53 Å². The maximum Gasteiger partial charge on any atom is 0.262 e. The van der Waals surface area contributed by atoms with E-state index < -0.39 is 0 Å². The van der Waals surface area contributed by atoms with E-state index in [4.69, 9.17) is 21.3 Å². The van der Waals surface area contributed by atoms with Gasteiger partial charge < -0.3 is 10.1 Å². The van der Waals surface area contributed by atoms with Gasteiger partial charge in [-0.15, -0.1) is 0 Å². The predicted molar refractivity (Wildman–Crippen MR) is 117 cm³/mol. The standard InChI is InChI=1S/C22H27ClN4O2/c1-3-29-20-7-5-4-6-19(20)27-21(15(2)26-12-10-24-11-13-26)25-18-14-16(23)8-9-17(18)22(27)28/h4-9,15,18,24H,3,10-14H2,1-2H3/t15-,18+/m1/s1. The largest absolute Gasteiger partial charge is 0.492 e. The maximum absolute atomic E-state index is 13.6. The van der Waals surface area contributed by atoms with Crippen molar-refractivity contribution in [1.29, 1.82) is 0 Å². The number of anilines is 1. The number of nitrogens with one attached hydrogen (secondary N) is 1. The molecule has 0 radical (unpaired) electrons. The second-order valence-corrected chi connectivity index (χ2v) is 7.93. The number of amides is 1. The first kappa shape index (κ1) is 20.1. The molecule has 0 unspecified atom stereocenters. The Balaban J connectivity index is 1.79. The summed E-state index contributed by atoms with van der Waals surface area (Å²) in [5, 5.41) is 4.11. The Kier molecular flexibility index (Phi) is 6.04. The average molecular weight is 415 g/mol. The van der Waals surface area contributed by atoms with Crippen molar-refractivity contribution in [2.24, 2.45) is 4.99 Å².